The van der Waals surface area contributed by atoms with Gasteiger partial charge in [-0.1, -0.05) is 0 Å². The molecule has 176 valence electrons. The molecule has 1 fully saturated rings. The number of aromatic amines is 1. The van der Waals surface area contributed by atoms with Crippen molar-refractivity contribution in [2.75, 3.05) is 40.0 Å². The molecule has 0 unspecified atom stereocenters. The predicted molar refractivity (Wildman–Crippen MR) is 129 cm³/mol. The van der Waals surface area contributed by atoms with Crippen molar-refractivity contribution in [3.63, 3.8) is 0 Å². The topological polar surface area (TPSA) is 85.9 Å². The fourth-order valence-corrected chi connectivity index (χ4v) is 4.16. The van der Waals surface area contributed by atoms with Crippen LogP contribution in [0.5, 0.6) is 23.0 Å². The van der Waals surface area contributed by atoms with Crippen molar-refractivity contribution in [2.45, 2.75) is 13.3 Å². The molecule has 0 atom stereocenters. The third-order valence-corrected chi connectivity index (χ3v) is 5.88. The number of carbonyl (C=O) groups is 1. The number of aryl methyl sites for hydroxylation is 1. The minimum absolute atomic E-state index is 0.0615. The second-order valence-electron chi connectivity index (χ2n) is 8.22. The van der Waals surface area contributed by atoms with Crippen LogP contribution in [0.25, 0.3) is 21.8 Å². The molecule has 34 heavy (non-hydrogen) atoms. The summed E-state index contributed by atoms with van der Waals surface area (Å²) in [5.74, 6) is 2.56. The molecule has 1 aliphatic rings. The highest BCUT2D eigenvalue weighted by Crippen LogP contribution is 2.37. The Morgan fingerprint density at radius 1 is 1.09 bits per heavy atom. The van der Waals surface area contributed by atoms with Crippen LogP contribution in [0.3, 0.4) is 0 Å². The van der Waals surface area contributed by atoms with E-state index in [9.17, 15) is 4.79 Å². The molecule has 8 nitrogen and oxygen atoms in total. The monoisotopic (exact) mass is 461 g/mol. The number of nitrogens with zero attached hydrogens (tertiary/aromatic N) is 2. The Labute approximate surface area is 197 Å². The molecule has 1 N–H and O–H groups in total. The van der Waals surface area contributed by atoms with Crippen LogP contribution in [-0.2, 0) is 9.53 Å². The van der Waals surface area contributed by atoms with E-state index in [1.165, 1.54) is 0 Å². The molecule has 1 saturated heterocycles. The molecule has 0 radical (unpaired) electrons. The van der Waals surface area contributed by atoms with Crippen molar-refractivity contribution in [2.24, 2.45) is 0 Å². The Bertz CT molecular complexity index is 1330. The number of hydrogen-bond donors (Lipinski definition) is 1. The normalized spacial score (nSPS) is 13.9. The minimum Gasteiger partial charge on any atom is -0.493 e. The molecule has 3 heterocycles. The number of carbonyl (C=O) groups excluding carboxylic acids is 1. The van der Waals surface area contributed by atoms with Crippen LogP contribution < -0.4 is 14.2 Å². The third kappa shape index (κ3) is 4.63. The number of aromatic nitrogens is 2. The number of methoxy groups -OCH3 is 1. The second kappa shape index (κ2) is 9.61. The smallest absolute Gasteiger partial charge is 0.226 e. The van der Waals surface area contributed by atoms with Crippen LogP contribution in [0.4, 0.5) is 0 Å². The lowest BCUT2D eigenvalue weighted by molar-refractivity contribution is -0.135. The summed E-state index contributed by atoms with van der Waals surface area (Å²) in [7, 11) is 1.59. The van der Waals surface area contributed by atoms with Gasteiger partial charge in [-0.15, -0.1) is 0 Å². The molecule has 8 heteroatoms. The fraction of sp³-hybridized carbons (Fsp3) is 0.308. The molecule has 2 aromatic carbocycles. The van der Waals surface area contributed by atoms with Gasteiger partial charge in [-0.25, -0.2) is 0 Å². The second-order valence-corrected chi connectivity index (χ2v) is 8.22. The summed E-state index contributed by atoms with van der Waals surface area (Å²) in [5.41, 5.74) is 2.89. The standard InChI is InChI=1S/C26H27N3O5/c1-17-13-18-14-19(3-4-21(18)28-17)34-23-5-7-27-22-16-25(24(31-2)15-20(22)23)33-10-6-26(30)29-8-11-32-12-9-29/h3-5,7,13-16,28H,6,8-12H2,1-2H3. The van der Waals surface area contributed by atoms with Gasteiger partial charge in [0, 0.05) is 47.3 Å². The minimum atomic E-state index is 0.0615. The van der Waals surface area contributed by atoms with E-state index in [2.05, 4.69) is 16.0 Å². The molecule has 4 aromatic rings. The van der Waals surface area contributed by atoms with Gasteiger partial charge in [-0.2, -0.15) is 0 Å². The number of ether oxygens (including phenoxy) is 4. The molecule has 0 saturated carbocycles. The van der Waals surface area contributed by atoms with E-state index in [0.29, 0.717) is 55.5 Å². The first-order chi connectivity index (χ1) is 16.6. The quantitative estimate of drug-likeness (QED) is 0.438. The van der Waals surface area contributed by atoms with Crippen molar-refractivity contribution >= 4 is 27.7 Å². The largest absolute Gasteiger partial charge is 0.493 e. The van der Waals surface area contributed by atoms with Crippen LogP contribution in [0, 0.1) is 6.92 Å². The molecule has 5 rings (SSSR count). The van der Waals surface area contributed by atoms with Gasteiger partial charge in [-0.3, -0.25) is 9.78 Å². The van der Waals surface area contributed by atoms with Gasteiger partial charge in [0.15, 0.2) is 11.5 Å². The lowest BCUT2D eigenvalue weighted by atomic mass is 10.1. The highest BCUT2D eigenvalue weighted by atomic mass is 16.5. The fourth-order valence-electron chi connectivity index (χ4n) is 4.16. The lowest BCUT2D eigenvalue weighted by Crippen LogP contribution is -2.41. The van der Waals surface area contributed by atoms with E-state index >= 15 is 0 Å². The maximum absolute atomic E-state index is 12.4. The molecule has 0 bridgehead atoms. The lowest BCUT2D eigenvalue weighted by Gasteiger charge is -2.26. The van der Waals surface area contributed by atoms with E-state index in [1.54, 1.807) is 13.3 Å². The van der Waals surface area contributed by atoms with Crippen molar-refractivity contribution in [1.29, 1.82) is 0 Å². The van der Waals surface area contributed by atoms with Crippen molar-refractivity contribution in [3.05, 3.63) is 54.4 Å². The summed E-state index contributed by atoms with van der Waals surface area (Å²) >= 11 is 0. The van der Waals surface area contributed by atoms with Gasteiger partial charge < -0.3 is 28.8 Å². The zero-order valence-electron chi connectivity index (χ0n) is 19.3. The van der Waals surface area contributed by atoms with Crippen molar-refractivity contribution < 1.29 is 23.7 Å². The van der Waals surface area contributed by atoms with E-state index in [4.69, 9.17) is 18.9 Å². The number of nitrogens with one attached hydrogen (secondary N) is 1. The Balaban J connectivity index is 1.34. The Morgan fingerprint density at radius 2 is 1.94 bits per heavy atom. The number of amides is 1. The van der Waals surface area contributed by atoms with Gasteiger partial charge in [0.2, 0.25) is 5.91 Å². The van der Waals surface area contributed by atoms with Gasteiger partial charge in [0.1, 0.15) is 11.5 Å². The molecule has 0 aliphatic carbocycles. The Kier molecular flexibility index (Phi) is 6.22. The third-order valence-electron chi connectivity index (χ3n) is 5.88. The van der Waals surface area contributed by atoms with Crippen LogP contribution in [0.1, 0.15) is 12.1 Å². The Hall–Kier alpha value is -3.78. The summed E-state index contributed by atoms with van der Waals surface area (Å²) in [4.78, 5) is 22.0. The first kappa shape index (κ1) is 22.0. The highest BCUT2D eigenvalue weighted by molar-refractivity contribution is 5.89. The van der Waals surface area contributed by atoms with Crippen LogP contribution in [-0.4, -0.2) is 60.8 Å². The van der Waals surface area contributed by atoms with Crippen molar-refractivity contribution in [1.82, 2.24) is 14.9 Å². The zero-order valence-corrected chi connectivity index (χ0v) is 19.3. The van der Waals surface area contributed by atoms with E-state index < -0.39 is 0 Å². The molecule has 0 spiro atoms. The molecule has 2 aromatic heterocycles. The van der Waals surface area contributed by atoms with Gasteiger partial charge in [0.25, 0.3) is 0 Å². The van der Waals surface area contributed by atoms with Crippen LogP contribution in [0.15, 0.2) is 48.7 Å². The summed E-state index contributed by atoms with van der Waals surface area (Å²) in [6.45, 7) is 4.70. The zero-order chi connectivity index (χ0) is 23.5. The average Bonchev–Trinajstić information content (AvgIpc) is 3.23. The number of hydrogen-bond acceptors (Lipinski definition) is 6. The molecule has 1 aliphatic heterocycles. The van der Waals surface area contributed by atoms with Crippen LogP contribution in [0.2, 0.25) is 0 Å². The first-order valence-electron chi connectivity index (χ1n) is 11.3. The molecule has 1 amide bonds. The number of pyridine rings is 1. The maximum atomic E-state index is 12.4. The number of benzene rings is 2. The van der Waals surface area contributed by atoms with E-state index in [1.807, 2.05) is 48.2 Å². The summed E-state index contributed by atoms with van der Waals surface area (Å²) in [5, 5.41) is 1.90. The highest BCUT2D eigenvalue weighted by Gasteiger charge is 2.17. The van der Waals surface area contributed by atoms with Crippen LogP contribution >= 0.6 is 0 Å². The predicted octanol–water partition coefficient (Wildman–Crippen LogP) is 4.45. The van der Waals surface area contributed by atoms with E-state index in [-0.39, 0.29) is 12.5 Å². The number of fused-ring (bicyclic) bond motifs is 2. The van der Waals surface area contributed by atoms with Gasteiger partial charge >= 0.3 is 0 Å². The Morgan fingerprint density at radius 3 is 2.76 bits per heavy atom. The summed E-state index contributed by atoms with van der Waals surface area (Å²) in [6, 6.07) is 13.5. The number of H-pyrrole nitrogens is 1. The van der Waals surface area contributed by atoms with E-state index in [0.717, 1.165) is 27.7 Å². The number of morpholine rings is 1. The van der Waals surface area contributed by atoms with Gasteiger partial charge in [0.05, 0.1) is 38.9 Å². The van der Waals surface area contributed by atoms with Gasteiger partial charge in [-0.05, 0) is 43.3 Å². The molecular weight excluding hydrogens is 434 g/mol. The SMILES string of the molecule is COc1cc2c(Oc3ccc4[nH]c(C)cc4c3)ccnc2cc1OCCC(=O)N1CCOCC1. The summed E-state index contributed by atoms with van der Waals surface area (Å²) < 4.78 is 23.0. The number of rotatable bonds is 7. The summed E-state index contributed by atoms with van der Waals surface area (Å²) in [6.07, 6.45) is 1.99. The van der Waals surface area contributed by atoms with Crippen molar-refractivity contribution in [3.8, 4) is 23.0 Å². The first-order valence-corrected chi connectivity index (χ1v) is 11.3. The average molecular weight is 462 g/mol. The maximum Gasteiger partial charge on any atom is 0.226 e. The molecular formula is C26H27N3O5.